The van der Waals surface area contributed by atoms with Gasteiger partial charge in [0.25, 0.3) is 0 Å². The molecule has 0 aliphatic carbocycles. The number of furan rings is 2. The summed E-state index contributed by atoms with van der Waals surface area (Å²) in [5.41, 5.74) is 12.9. The zero-order chi connectivity index (χ0) is 39.3. The Bertz CT molecular complexity index is 3650. The maximum absolute atomic E-state index is 6.72. The molecular formula is C58H34O2. The molecule has 60 heavy (non-hydrogen) atoms. The van der Waals surface area contributed by atoms with Crippen LogP contribution >= 0.6 is 0 Å². The molecule has 0 saturated heterocycles. The summed E-state index contributed by atoms with van der Waals surface area (Å²) in [5.74, 6) is 0. The smallest absolute Gasteiger partial charge is 0.143 e. The lowest BCUT2D eigenvalue weighted by Crippen LogP contribution is -1.94. The summed E-state index contributed by atoms with van der Waals surface area (Å²) in [5, 5.41) is 14.1. The van der Waals surface area contributed by atoms with E-state index in [1.165, 1.54) is 54.6 Å². The topological polar surface area (TPSA) is 26.3 Å². The Morgan fingerprint density at radius 3 is 1.02 bits per heavy atom. The molecule has 0 atom stereocenters. The van der Waals surface area contributed by atoms with E-state index in [2.05, 4.69) is 194 Å². The molecule has 278 valence electrons. The fourth-order valence-corrected chi connectivity index (χ4v) is 10.1. The van der Waals surface area contributed by atoms with Crippen LogP contribution in [0.3, 0.4) is 0 Å². The Morgan fingerprint density at radius 2 is 0.550 bits per heavy atom. The molecular weight excluding hydrogens is 729 g/mol. The van der Waals surface area contributed by atoms with Crippen LogP contribution in [0.25, 0.3) is 131 Å². The molecule has 0 spiro atoms. The quantitative estimate of drug-likeness (QED) is 0.167. The van der Waals surface area contributed by atoms with Crippen molar-refractivity contribution in [2.45, 2.75) is 0 Å². The van der Waals surface area contributed by atoms with Gasteiger partial charge in [-0.2, -0.15) is 0 Å². The molecule has 0 amide bonds. The van der Waals surface area contributed by atoms with E-state index in [0.29, 0.717) is 0 Å². The monoisotopic (exact) mass is 762 g/mol. The van der Waals surface area contributed by atoms with E-state index < -0.39 is 0 Å². The average Bonchev–Trinajstić information content (AvgIpc) is 3.89. The molecule has 2 nitrogen and oxygen atoms in total. The molecule has 13 aromatic rings. The highest BCUT2D eigenvalue weighted by Crippen LogP contribution is 2.51. The van der Waals surface area contributed by atoms with Gasteiger partial charge in [-0.15, -0.1) is 0 Å². The van der Waals surface area contributed by atoms with Crippen LogP contribution in [0, 0.1) is 0 Å². The zero-order valence-corrected chi connectivity index (χ0v) is 32.4. The molecule has 0 N–H and O–H groups in total. The van der Waals surface area contributed by atoms with Crippen LogP contribution in [-0.4, -0.2) is 0 Å². The van der Waals surface area contributed by atoms with E-state index in [9.17, 15) is 0 Å². The van der Waals surface area contributed by atoms with Crippen molar-refractivity contribution in [3.8, 4) is 44.5 Å². The first kappa shape index (κ1) is 33.1. The summed E-state index contributed by atoms with van der Waals surface area (Å²) in [6.07, 6.45) is 0. The second-order valence-corrected chi connectivity index (χ2v) is 15.8. The standard InChI is InChI=1S/C58H34O2/c1-2-16-35(17-3-1)54-40-20-4-6-22-42(40)55(43-23-7-5-21-41(43)54)56-44-26-12-24-36(46-28-14-30-48-38-18-8-10-32-52(38)59-57(46)48)50(44)34-51-37(25-13-27-45(51)56)47-29-15-31-49-39-19-9-11-33-53(39)60-58(47)49/h1-34H. The molecule has 0 unspecified atom stereocenters. The lowest BCUT2D eigenvalue weighted by Gasteiger charge is -2.22. The highest BCUT2D eigenvalue weighted by molar-refractivity contribution is 6.30. The zero-order valence-electron chi connectivity index (χ0n) is 32.4. The van der Waals surface area contributed by atoms with Gasteiger partial charge in [-0.3, -0.25) is 0 Å². The Labute approximate surface area is 345 Å². The lowest BCUT2D eigenvalue weighted by molar-refractivity contribution is 0.669. The summed E-state index contributed by atoms with van der Waals surface area (Å²) in [7, 11) is 0. The van der Waals surface area contributed by atoms with Gasteiger partial charge < -0.3 is 8.83 Å². The van der Waals surface area contributed by atoms with Crippen LogP contribution in [0.1, 0.15) is 0 Å². The third-order valence-electron chi connectivity index (χ3n) is 12.7. The van der Waals surface area contributed by atoms with Gasteiger partial charge in [0, 0.05) is 32.7 Å². The number of rotatable bonds is 4. The molecule has 0 fully saturated rings. The lowest BCUT2D eigenvalue weighted by atomic mass is 9.81. The Hall–Kier alpha value is -7.94. The van der Waals surface area contributed by atoms with Gasteiger partial charge in [-0.05, 0) is 94.7 Å². The normalized spacial score (nSPS) is 12.0. The fourth-order valence-electron chi connectivity index (χ4n) is 10.1. The van der Waals surface area contributed by atoms with Crippen molar-refractivity contribution in [3.05, 3.63) is 206 Å². The van der Waals surface area contributed by atoms with Crippen LogP contribution in [-0.2, 0) is 0 Å². The average molecular weight is 763 g/mol. The van der Waals surface area contributed by atoms with Gasteiger partial charge in [-0.1, -0.05) is 188 Å². The highest BCUT2D eigenvalue weighted by Gasteiger charge is 2.24. The maximum Gasteiger partial charge on any atom is 0.143 e. The summed E-state index contributed by atoms with van der Waals surface area (Å²) < 4.78 is 13.4. The third kappa shape index (κ3) is 4.70. The van der Waals surface area contributed by atoms with E-state index in [4.69, 9.17) is 8.83 Å². The third-order valence-corrected chi connectivity index (χ3v) is 12.7. The van der Waals surface area contributed by atoms with Crippen molar-refractivity contribution in [2.24, 2.45) is 0 Å². The van der Waals surface area contributed by atoms with E-state index >= 15 is 0 Å². The summed E-state index contributed by atoms with van der Waals surface area (Å²) >= 11 is 0. The predicted molar refractivity (Wildman–Crippen MR) is 253 cm³/mol. The molecule has 0 saturated carbocycles. The molecule has 2 heteroatoms. The van der Waals surface area contributed by atoms with Crippen LogP contribution < -0.4 is 0 Å². The minimum absolute atomic E-state index is 0.893. The Balaban J connectivity index is 1.22. The Kier molecular flexibility index (Phi) is 7.05. The van der Waals surface area contributed by atoms with E-state index in [1.807, 2.05) is 12.1 Å². The van der Waals surface area contributed by atoms with E-state index in [1.54, 1.807) is 0 Å². The van der Waals surface area contributed by atoms with Gasteiger partial charge >= 0.3 is 0 Å². The van der Waals surface area contributed by atoms with Crippen LogP contribution in [0.15, 0.2) is 215 Å². The van der Waals surface area contributed by atoms with Crippen LogP contribution in [0.2, 0.25) is 0 Å². The van der Waals surface area contributed by atoms with E-state index in [-0.39, 0.29) is 0 Å². The van der Waals surface area contributed by atoms with Gasteiger partial charge in [0.05, 0.1) is 0 Å². The van der Waals surface area contributed by atoms with E-state index in [0.717, 1.165) is 76.9 Å². The number of hydrogen-bond donors (Lipinski definition) is 0. The first-order valence-corrected chi connectivity index (χ1v) is 20.6. The minimum atomic E-state index is 0.893. The first-order valence-electron chi connectivity index (χ1n) is 20.6. The molecule has 0 aliphatic heterocycles. The highest BCUT2D eigenvalue weighted by atomic mass is 16.3. The Morgan fingerprint density at radius 1 is 0.217 bits per heavy atom. The maximum atomic E-state index is 6.72. The molecule has 11 aromatic carbocycles. The van der Waals surface area contributed by atoms with Gasteiger partial charge in [0.2, 0.25) is 0 Å². The van der Waals surface area contributed by atoms with Crippen molar-refractivity contribution in [1.29, 1.82) is 0 Å². The predicted octanol–water partition coefficient (Wildman–Crippen LogP) is 16.8. The van der Waals surface area contributed by atoms with Gasteiger partial charge in [-0.25, -0.2) is 0 Å². The minimum Gasteiger partial charge on any atom is -0.455 e. The first-order chi connectivity index (χ1) is 29.8. The fraction of sp³-hybridized carbons (Fsp3) is 0. The van der Waals surface area contributed by atoms with Crippen molar-refractivity contribution in [2.75, 3.05) is 0 Å². The summed E-state index contributed by atoms with van der Waals surface area (Å²) in [6, 6.07) is 74.6. The van der Waals surface area contributed by atoms with Crippen molar-refractivity contribution < 1.29 is 8.83 Å². The number of hydrogen-bond acceptors (Lipinski definition) is 2. The molecule has 2 aromatic heterocycles. The molecule has 0 radical (unpaired) electrons. The van der Waals surface area contributed by atoms with Gasteiger partial charge in [0.15, 0.2) is 0 Å². The van der Waals surface area contributed by atoms with Crippen molar-refractivity contribution in [3.63, 3.8) is 0 Å². The van der Waals surface area contributed by atoms with Crippen molar-refractivity contribution >= 4 is 87.0 Å². The number of fused-ring (bicyclic) bond motifs is 10. The van der Waals surface area contributed by atoms with Crippen molar-refractivity contribution in [1.82, 2.24) is 0 Å². The molecule has 13 rings (SSSR count). The number of para-hydroxylation sites is 4. The summed E-state index contributed by atoms with van der Waals surface area (Å²) in [6.45, 7) is 0. The second-order valence-electron chi connectivity index (χ2n) is 15.8. The van der Waals surface area contributed by atoms with Crippen LogP contribution in [0.5, 0.6) is 0 Å². The largest absolute Gasteiger partial charge is 0.455 e. The summed E-state index contributed by atoms with van der Waals surface area (Å²) in [4.78, 5) is 0. The van der Waals surface area contributed by atoms with Crippen LogP contribution in [0.4, 0.5) is 0 Å². The molecule has 0 bridgehead atoms. The second kappa shape index (κ2) is 12.8. The molecule has 2 heterocycles. The number of benzene rings is 11. The van der Waals surface area contributed by atoms with Gasteiger partial charge in [0.1, 0.15) is 22.3 Å². The molecule has 0 aliphatic rings. The SMILES string of the molecule is c1ccc(-c2c3ccccc3c(-c3c4cccc(-c5cccc6c5oc5ccccc56)c4cc4c(-c5cccc6c5oc5ccccc56)cccc34)c3ccccc23)cc1.